The van der Waals surface area contributed by atoms with Crippen molar-refractivity contribution in [3.05, 3.63) is 60.7 Å². The number of nitrogens with one attached hydrogen (secondary N) is 1. The first-order chi connectivity index (χ1) is 14.1. The molecule has 4 rings (SSSR count). The van der Waals surface area contributed by atoms with Gasteiger partial charge in [0.25, 0.3) is 5.91 Å². The summed E-state index contributed by atoms with van der Waals surface area (Å²) in [5.41, 5.74) is 1.26. The third-order valence-electron chi connectivity index (χ3n) is 4.92. The van der Waals surface area contributed by atoms with E-state index >= 15 is 0 Å². The largest absolute Gasteiger partial charge is 0.495 e. The van der Waals surface area contributed by atoms with Crippen LogP contribution in [-0.4, -0.2) is 32.1 Å². The van der Waals surface area contributed by atoms with Crippen molar-refractivity contribution in [2.75, 3.05) is 30.5 Å². The Bertz CT molecular complexity index is 1060. The topological polar surface area (TPSA) is 67.9 Å². The van der Waals surface area contributed by atoms with Crippen LogP contribution in [0.5, 0.6) is 11.5 Å². The molecule has 1 aliphatic rings. The van der Waals surface area contributed by atoms with Crippen molar-refractivity contribution in [3.8, 4) is 11.5 Å². The second kappa shape index (κ2) is 8.22. The van der Waals surface area contributed by atoms with Crippen LogP contribution in [0.4, 0.5) is 11.4 Å². The number of methoxy groups -OCH3 is 1. The SMILES string of the molecule is COc1ccc(NC(=O)COc2ccc3ccccc3c2)cc1N1CCCC1=O. The number of hydrogen-bond donors (Lipinski definition) is 1. The minimum Gasteiger partial charge on any atom is -0.495 e. The Morgan fingerprint density at radius 2 is 1.90 bits per heavy atom. The molecule has 0 bridgehead atoms. The van der Waals surface area contributed by atoms with Crippen LogP contribution < -0.4 is 19.7 Å². The van der Waals surface area contributed by atoms with E-state index in [2.05, 4.69) is 5.32 Å². The Morgan fingerprint density at radius 1 is 1.07 bits per heavy atom. The molecular weight excluding hydrogens is 368 g/mol. The van der Waals surface area contributed by atoms with Gasteiger partial charge < -0.3 is 19.7 Å². The Morgan fingerprint density at radius 3 is 2.66 bits per heavy atom. The van der Waals surface area contributed by atoms with Gasteiger partial charge in [0.1, 0.15) is 11.5 Å². The van der Waals surface area contributed by atoms with E-state index in [9.17, 15) is 9.59 Å². The fourth-order valence-electron chi connectivity index (χ4n) is 3.48. The molecular formula is C23H22N2O4. The van der Waals surface area contributed by atoms with Crippen LogP contribution in [0.3, 0.4) is 0 Å². The summed E-state index contributed by atoms with van der Waals surface area (Å²) in [5, 5.41) is 5.00. The predicted molar refractivity (Wildman–Crippen MR) is 113 cm³/mol. The molecule has 3 aromatic carbocycles. The minimum atomic E-state index is -0.276. The van der Waals surface area contributed by atoms with Crippen molar-refractivity contribution >= 4 is 34.0 Å². The Labute approximate surface area is 169 Å². The van der Waals surface area contributed by atoms with Crippen LogP contribution in [0.15, 0.2) is 60.7 Å². The Hall–Kier alpha value is -3.54. The molecule has 1 saturated heterocycles. The van der Waals surface area contributed by atoms with Crippen LogP contribution in [0.2, 0.25) is 0 Å². The summed E-state index contributed by atoms with van der Waals surface area (Å²) in [7, 11) is 1.56. The fraction of sp³-hybridized carbons (Fsp3) is 0.217. The summed E-state index contributed by atoms with van der Waals surface area (Å²) in [6.45, 7) is 0.542. The highest BCUT2D eigenvalue weighted by atomic mass is 16.5. The van der Waals surface area contributed by atoms with Gasteiger partial charge in [0, 0.05) is 18.7 Å². The molecule has 3 aromatic rings. The van der Waals surface area contributed by atoms with Crippen molar-refractivity contribution in [3.63, 3.8) is 0 Å². The van der Waals surface area contributed by atoms with Crippen molar-refractivity contribution in [2.24, 2.45) is 0 Å². The summed E-state index contributed by atoms with van der Waals surface area (Å²) in [5.74, 6) is 1.02. The van der Waals surface area contributed by atoms with E-state index in [0.717, 1.165) is 17.2 Å². The second-order valence-electron chi connectivity index (χ2n) is 6.88. The van der Waals surface area contributed by atoms with Gasteiger partial charge in [-0.3, -0.25) is 9.59 Å². The summed E-state index contributed by atoms with van der Waals surface area (Å²) < 4.78 is 11.0. The van der Waals surface area contributed by atoms with Gasteiger partial charge in [0.15, 0.2) is 6.61 Å². The lowest BCUT2D eigenvalue weighted by Crippen LogP contribution is -2.25. The van der Waals surface area contributed by atoms with Crippen LogP contribution in [0.1, 0.15) is 12.8 Å². The molecule has 0 unspecified atom stereocenters. The van der Waals surface area contributed by atoms with Crippen LogP contribution in [0.25, 0.3) is 10.8 Å². The minimum absolute atomic E-state index is 0.0615. The summed E-state index contributed by atoms with van der Waals surface area (Å²) in [6, 6.07) is 18.9. The molecule has 1 heterocycles. The molecule has 0 aliphatic carbocycles. The maximum Gasteiger partial charge on any atom is 0.262 e. The second-order valence-corrected chi connectivity index (χ2v) is 6.88. The lowest BCUT2D eigenvalue weighted by atomic mass is 10.1. The smallest absolute Gasteiger partial charge is 0.262 e. The number of ether oxygens (including phenoxy) is 2. The molecule has 2 amide bonds. The van der Waals surface area contributed by atoms with E-state index < -0.39 is 0 Å². The fourth-order valence-corrected chi connectivity index (χ4v) is 3.48. The Balaban J connectivity index is 1.43. The molecule has 29 heavy (non-hydrogen) atoms. The van der Waals surface area contributed by atoms with Gasteiger partial charge in [0.2, 0.25) is 5.91 Å². The number of benzene rings is 3. The molecule has 148 valence electrons. The summed E-state index contributed by atoms with van der Waals surface area (Å²) >= 11 is 0. The van der Waals surface area contributed by atoms with Crippen LogP contribution in [0, 0.1) is 0 Å². The van der Waals surface area contributed by atoms with E-state index in [-0.39, 0.29) is 18.4 Å². The van der Waals surface area contributed by atoms with Gasteiger partial charge in [-0.05, 0) is 47.5 Å². The zero-order valence-electron chi connectivity index (χ0n) is 16.2. The van der Waals surface area contributed by atoms with Crippen molar-refractivity contribution in [2.45, 2.75) is 12.8 Å². The van der Waals surface area contributed by atoms with Crippen molar-refractivity contribution in [1.82, 2.24) is 0 Å². The highest BCUT2D eigenvalue weighted by molar-refractivity contribution is 5.98. The van der Waals surface area contributed by atoms with Crippen molar-refractivity contribution in [1.29, 1.82) is 0 Å². The third-order valence-corrected chi connectivity index (χ3v) is 4.92. The van der Waals surface area contributed by atoms with Crippen LogP contribution in [-0.2, 0) is 9.59 Å². The van der Waals surface area contributed by atoms with Gasteiger partial charge in [-0.2, -0.15) is 0 Å². The number of amides is 2. The normalized spacial score (nSPS) is 13.6. The van der Waals surface area contributed by atoms with Gasteiger partial charge in [0.05, 0.1) is 12.8 Å². The molecule has 1 N–H and O–H groups in total. The van der Waals surface area contributed by atoms with Crippen molar-refractivity contribution < 1.29 is 19.1 Å². The first-order valence-corrected chi connectivity index (χ1v) is 9.54. The lowest BCUT2D eigenvalue weighted by molar-refractivity contribution is -0.118. The average molecular weight is 390 g/mol. The number of hydrogen-bond acceptors (Lipinski definition) is 4. The highest BCUT2D eigenvalue weighted by Crippen LogP contribution is 2.34. The van der Waals surface area contributed by atoms with E-state index in [0.29, 0.717) is 35.8 Å². The zero-order chi connectivity index (χ0) is 20.2. The molecule has 0 atom stereocenters. The average Bonchev–Trinajstić information content (AvgIpc) is 3.17. The molecule has 0 saturated carbocycles. The number of nitrogens with zero attached hydrogens (tertiary/aromatic N) is 1. The van der Waals surface area contributed by atoms with Gasteiger partial charge >= 0.3 is 0 Å². The number of fused-ring (bicyclic) bond motifs is 1. The molecule has 0 spiro atoms. The van der Waals surface area contributed by atoms with E-state index in [1.54, 1.807) is 30.2 Å². The summed E-state index contributed by atoms with van der Waals surface area (Å²) in [6.07, 6.45) is 1.34. The van der Waals surface area contributed by atoms with E-state index in [4.69, 9.17) is 9.47 Å². The quantitative estimate of drug-likeness (QED) is 0.691. The molecule has 6 heteroatoms. The molecule has 1 fully saturated rings. The molecule has 0 radical (unpaired) electrons. The lowest BCUT2D eigenvalue weighted by Gasteiger charge is -2.20. The number of carbonyl (C=O) groups is 2. The summed E-state index contributed by atoms with van der Waals surface area (Å²) in [4.78, 5) is 26.1. The first-order valence-electron chi connectivity index (χ1n) is 9.54. The number of carbonyl (C=O) groups excluding carboxylic acids is 2. The first kappa shape index (κ1) is 18.8. The number of anilines is 2. The van der Waals surface area contributed by atoms with E-state index in [1.807, 2.05) is 42.5 Å². The predicted octanol–water partition coefficient (Wildman–Crippen LogP) is 3.99. The number of rotatable bonds is 6. The molecule has 1 aliphatic heterocycles. The maximum atomic E-state index is 12.4. The zero-order valence-corrected chi connectivity index (χ0v) is 16.2. The maximum absolute atomic E-state index is 12.4. The van der Waals surface area contributed by atoms with Gasteiger partial charge in [-0.25, -0.2) is 0 Å². The highest BCUT2D eigenvalue weighted by Gasteiger charge is 2.24. The van der Waals surface area contributed by atoms with E-state index in [1.165, 1.54) is 0 Å². The molecule has 0 aromatic heterocycles. The van der Waals surface area contributed by atoms with Gasteiger partial charge in [-0.15, -0.1) is 0 Å². The monoisotopic (exact) mass is 390 g/mol. The third kappa shape index (κ3) is 4.16. The molecule has 6 nitrogen and oxygen atoms in total. The standard InChI is InChI=1S/C23H22N2O4/c1-28-21-11-9-18(14-20(21)25-12-4-7-23(25)27)24-22(26)15-29-19-10-8-16-5-2-3-6-17(16)13-19/h2-3,5-6,8-11,13-14H,4,7,12,15H2,1H3,(H,24,26). The van der Waals surface area contributed by atoms with Gasteiger partial charge in [-0.1, -0.05) is 30.3 Å². The Kier molecular flexibility index (Phi) is 5.33. The van der Waals surface area contributed by atoms with Crippen LogP contribution >= 0.6 is 0 Å².